The van der Waals surface area contributed by atoms with Crippen molar-refractivity contribution in [3.63, 3.8) is 0 Å². The van der Waals surface area contributed by atoms with Crippen LogP contribution in [0.1, 0.15) is 31.2 Å². The van der Waals surface area contributed by atoms with Crippen molar-refractivity contribution in [2.45, 2.75) is 42.3 Å². The molecule has 1 fully saturated rings. The molecule has 2 N–H and O–H groups in total. The standard InChI is InChI=1S/C13H16F3NO3S/c14-13(15,16)10-3-5-11(6-4-10)21(19,20)17-12(9-18)7-1-2-8-12/h3-6,17-18H,1-2,7-9H2. The monoisotopic (exact) mass is 323 g/mol. The number of aliphatic hydroxyl groups excluding tert-OH is 1. The normalized spacial score (nSPS) is 18.9. The molecule has 1 aliphatic carbocycles. The Morgan fingerprint density at radius 3 is 2.10 bits per heavy atom. The van der Waals surface area contributed by atoms with Gasteiger partial charge in [-0.15, -0.1) is 0 Å². The molecule has 1 aromatic carbocycles. The average Bonchev–Trinajstić information content (AvgIpc) is 2.86. The van der Waals surface area contributed by atoms with Crippen molar-refractivity contribution in [2.75, 3.05) is 6.61 Å². The van der Waals surface area contributed by atoms with E-state index in [1.165, 1.54) is 0 Å². The Morgan fingerprint density at radius 2 is 1.67 bits per heavy atom. The van der Waals surface area contributed by atoms with E-state index in [2.05, 4.69) is 4.72 Å². The highest BCUT2D eigenvalue weighted by Gasteiger charge is 2.38. The van der Waals surface area contributed by atoms with Crippen molar-refractivity contribution >= 4 is 10.0 Å². The van der Waals surface area contributed by atoms with E-state index >= 15 is 0 Å². The lowest BCUT2D eigenvalue weighted by atomic mass is 10.0. The molecule has 0 aromatic heterocycles. The Morgan fingerprint density at radius 1 is 1.14 bits per heavy atom. The summed E-state index contributed by atoms with van der Waals surface area (Å²) in [5.41, 5.74) is -1.80. The zero-order valence-electron chi connectivity index (χ0n) is 11.2. The summed E-state index contributed by atoms with van der Waals surface area (Å²) >= 11 is 0. The third kappa shape index (κ3) is 3.56. The van der Waals surface area contributed by atoms with Crippen LogP contribution < -0.4 is 4.72 Å². The lowest BCUT2D eigenvalue weighted by molar-refractivity contribution is -0.137. The molecule has 21 heavy (non-hydrogen) atoms. The van der Waals surface area contributed by atoms with Gasteiger partial charge in [0, 0.05) is 0 Å². The van der Waals surface area contributed by atoms with Crippen LogP contribution in [0.25, 0.3) is 0 Å². The minimum atomic E-state index is -4.51. The molecule has 0 spiro atoms. The summed E-state index contributed by atoms with van der Waals surface area (Å²) in [6.07, 6.45) is -1.87. The van der Waals surface area contributed by atoms with Crippen molar-refractivity contribution in [2.24, 2.45) is 0 Å². The molecule has 0 atom stereocenters. The fraction of sp³-hybridized carbons (Fsp3) is 0.538. The van der Waals surface area contributed by atoms with Crippen LogP contribution >= 0.6 is 0 Å². The van der Waals surface area contributed by atoms with Gasteiger partial charge in [-0.3, -0.25) is 0 Å². The van der Waals surface area contributed by atoms with Gasteiger partial charge in [0.15, 0.2) is 0 Å². The molecule has 8 heteroatoms. The minimum Gasteiger partial charge on any atom is -0.394 e. The summed E-state index contributed by atoms with van der Waals surface area (Å²) in [5.74, 6) is 0. The topological polar surface area (TPSA) is 66.4 Å². The number of alkyl halides is 3. The van der Waals surface area contributed by atoms with Gasteiger partial charge in [-0.1, -0.05) is 12.8 Å². The number of nitrogens with one attached hydrogen (secondary N) is 1. The number of halogens is 3. The van der Waals surface area contributed by atoms with Crippen LogP contribution in [0.3, 0.4) is 0 Å². The highest BCUT2D eigenvalue weighted by Crippen LogP contribution is 2.32. The first kappa shape index (κ1) is 16.3. The Hall–Kier alpha value is -1.12. The van der Waals surface area contributed by atoms with Gasteiger partial charge >= 0.3 is 6.18 Å². The maximum absolute atomic E-state index is 12.5. The molecule has 0 heterocycles. The molecule has 2 rings (SSSR count). The second-order valence-corrected chi connectivity index (χ2v) is 6.96. The molecule has 0 unspecified atom stereocenters. The molecule has 0 radical (unpaired) electrons. The molecule has 118 valence electrons. The first-order chi connectivity index (χ1) is 9.69. The van der Waals surface area contributed by atoms with Crippen LogP contribution in [-0.2, 0) is 16.2 Å². The van der Waals surface area contributed by atoms with Crippen LogP contribution in [0.15, 0.2) is 29.2 Å². The molecule has 0 amide bonds. The van der Waals surface area contributed by atoms with E-state index in [4.69, 9.17) is 0 Å². The number of rotatable bonds is 4. The van der Waals surface area contributed by atoms with E-state index in [9.17, 15) is 26.7 Å². The zero-order chi connectivity index (χ0) is 15.7. The number of sulfonamides is 1. The SMILES string of the molecule is O=S(=O)(NC1(CO)CCCC1)c1ccc(C(F)(F)F)cc1. The van der Waals surface area contributed by atoms with Gasteiger partial charge < -0.3 is 5.11 Å². The number of benzene rings is 1. The van der Waals surface area contributed by atoms with Gasteiger partial charge in [-0.05, 0) is 37.1 Å². The van der Waals surface area contributed by atoms with Crippen molar-refractivity contribution in [3.05, 3.63) is 29.8 Å². The van der Waals surface area contributed by atoms with Gasteiger partial charge in [0.2, 0.25) is 10.0 Å². The van der Waals surface area contributed by atoms with E-state index in [0.29, 0.717) is 12.8 Å². The van der Waals surface area contributed by atoms with Crippen LogP contribution in [0.2, 0.25) is 0 Å². The predicted molar refractivity (Wildman–Crippen MR) is 70.1 cm³/mol. The summed E-state index contributed by atoms with van der Waals surface area (Å²) in [6, 6.07) is 3.31. The highest BCUT2D eigenvalue weighted by molar-refractivity contribution is 7.89. The molecule has 0 saturated heterocycles. The highest BCUT2D eigenvalue weighted by atomic mass is 32.2. The smallest absolute Gasteiger partial charge is 0.394 e. The second kappa shape index (κ2) is 5.58. The van der Waals surface area contributed by atoms with E-state index in [-0.39, 0.29) is 11.5 Å². The Labute approximate surface area is 121 Å². The van der Waals surface area contributed by atoms with Crippen LogP contribution in [0.5, 0.6) is 0 Å². The van der Waals surface area contributed by atoms with Gasteiger partial charge in [-0.25, -0.2) is 13.1 Å². The quantitative estimate of drug-likeness (QED) is 0.893. The molecule has 0 aliphatic heterocycles. The first-order valence-corrected chi connectivity index (χ1v) is 7.99. The van der Waals surface area contributed by atoms with Crippen LogP contribution in [0.4, 0.5) is 13.2 Å². The van der Waals surface area contributed by atoms with E-state index in [1.54, 1.807) is 0 Å². The molecule has 1 aliphatic rings. The van der Waals surface area contributed by atoms with Crippen molar-refractivity contribution < 1.29 is 26.7 Å². The fourth-order valence-corrected chi connectivity index (χ4v) is 3.96. The molecular formula is C13H16F3NO3S. The lowest BCUT2D eigenvalue weighted by Crippen LogP contribution is -2.49. The summed E-state index contributed by atoms with van der Waals surface area (Å²) in [4.78, 5) is -0.241. The van der Waals surface area contributed by atoms with Crippen LogP contribution in [0, 0.1) is 0 Å². The van der Waals surface area contributed by atoms with E-state index in [1.807, 2.05) is 0 Å². The maximum atomic E-state index is 12.5. The Kier molecular flexibility index (Phi) is 4.32. The summed E-state index contributed by atoms with van der Waals surface area (Å²) < 4.78 is 64.2. The Balaban J connectivity index is 2.24. The molecule has 1 saturated carbocycles. The lowest BCUT2D eigenvalue weighted by Gasteiger charge is -2.27. The van der Waals surface area contributed by atoms with Gasteiger partial charge in [0.25, 0.3) is 0 Å². The van der Waals surface area contributed by atoms with Crippen molar-refractivity contribution in [1.82, 2.24) is 4.72 Å². The summed E-state index contributed by atoms with van der Waals surface area (Å²) in [5, 5.41) is 9.40. The van der Waals surface area contributed by atoms with E-state index < -0.39 is 27.3 Å². The minimum absolute atomic E-state index is 0.241. The summed E-state index contributed by atoms with van der Waals surface area (Å²) in [7, 11) is -3.95. The van der Waals surface area contributed by atoms with Gasteiger partial charge in [0.05, 0.1) is 22.6 Å². The molecule has 1 aromatic rings. The molecule has 0 bridgehead atoms. The third-order valence-corrected chi connectivity index (χ3v) is 5.30. The Bertz CT molecular complexity index is 590. The van der Waals surface area contributed by atoms with Crippen molar-refractivity contribution in [3.8, 4) is 0 Å². The number of hydrogen-bond acceptors (Lipinski definition) is 3. The average molecular weight is 323 g/mol. The summed E-state index contributed by atoms with van der Waals surface area (Å²) in [6.45, 7) is -0.327. The maximum Gasteiger partial charge on any atom is 0.416 e. The van der Waals surface area contributed by atoms with Gasteiger partial charge in [0.1, 0.15) is 0 Å². The number of aliphatic hydroxyl groups is 1. The van der Waals surface area contributed by atoms with Crippen molar-refractivity contribution in [1.29, 1.82) is 0 Å². The zero-order valence-corrected chi connectivity index (χ0v) is 12.0. The van der Waals surface area contributed by atoms with E-state index in [0.717, 1.165) is 37.1 Å². The van der Waals surface area contributed by atoms with Crippen LogP contribution in [-0.4, -0.2) is 25.7 Å². The predicted octanol–water partition coefficient (Wildman–Crippen LogP) is 2.29. The number of hydrogen-bond donors (Lipinski definition) is 2. The third-order valence-electron chi connectivity index (χ3n) is 3.71. The van der Waals surface area contributed by atoms with Gasteiger partial charge in [-0.2, -0.15) is 13.2 Å². The first-order valence-electron chi connectivity index (χ1n) is 6.51. The second-order valence-electron chi connectivity index (χ2n) is 5.27. The molecular weight excluding hydrogens is 307 g/mol. The fourth-order valence-electron chi connectivity index (χ4n) is 2.51. The largest absolute Gasteiger partial charge is 0.416 e. The molecule has 4 nitrogen and oxygen atoms in total.